The molecule has 0 fully saturated rings. The fraction of sp³-hybridized carbons (Fsp3) is 0.294. The van der Waals surface area contributed by atoms with Crippen molar-refractivity contribution >= 4 is 17.3 Å². The topological polar surface area (TPSA) is 12.0 Å². The summed E-state index contributed by atoms with van der Waals surface area (Å²) in [7, 11) is 0. The first kappa shape index (κ1) is 14.0. The summed E-state index contributed by atoms with van der Waals surface area (Å²) in [5, 5.41) is 4.32. The van der Waals surface area contributed by atoms with Gasteiger partial charge >= 0.3 is 0 Å². The highest BCUT2D eigenvalue weighted by Gasteiger charge is 2.20. The summed E-state index contributed by atoms with van der Waals surface area (Å²) in [6.45, 7) is 7.41. The van der Waals surface area contributed by atoms with Crippen molar-refractivity contribution in [3.8, 4) is 0 Å². The largest absolute Gasteiger partial charge is 0.384 e. The van der Waals surface area contributed by atoms with Gasteiger partial charge in [-0.1, -0.05) is 61.8 Å². The minimum Gasteiger partial charge on any atom is -0.384 e. The number of anilines is 1. The summed E-state index contributed by atoms with van der Waals surface area (Å²) in [6, 6.07) is 16.5. The third-order valence-corrected chi connectivity index (χ3v) is 3.95. The van der Waals surface area contributed by atoms with Crippen LogP contribution in [0.1, 0.15) is 25.0 Å². The summed E-state index contributed by atoms with van der Waals surface area (Å²) in [5.41, 5.74) is 3.63. The molecule has 0 amide bonds. The van der Waals surface area contributed by atoms with E-state index in [0.717, 1.165) is 22.8 Å². The lowest BCUT2D eigenvalue weighted by atomic mass is 9.84. The van der Waals surface area contributed by atoms with Gasteiger partial charge in [-0.15, -0.1) is 0 Å². The number of halogens is 1. The maximum absolute atomic E-state index is 6.14. The van der Waals surface area contributed by atoms with Crippen LogP contribution in [0, 0.1) is 6.92 Å². The first-order valence-corrected chi connectivity index (χ1v) is 6.93. The lowest BCUT2D eigenvalue weighted by Gasteiger charge is -2.26. The van der Waals surface area contributed by atoms with Gasteiger partial charge in [-0.2, -0.15) is 0 Å². The first-order chi connectivity index (χ1) is 9.00. The van der Waals surface area contributed by atoms with Crippen molar-refractivity contribution in [3.05, 3.63) is 64.7 Å². The van der Waals surface area contributed by atoms with Crippen molar-refractivity contribution in [1.82, 2.24) is 0 Å². The summed E-state index contributed by atoms with van der Waals surface area (Å²) >= 11 is 6.14. The Bertz CT molecular complexity index is 546. The minimum atomic E-state index is 0.0794. The van der Waals surface area contributed by atoms with Gasteiger partial charge in [0.05, 0.1) is 0 Å². The van der Waals surface area contributed by atoms with Crippen molar-refractivity contribution < 1.29 is 0 Å². The van der Waals surface area contributed by atoms with Crippen LogP contribution in [-0.4, -0.2) is 6.54 Å². The van der Waals surface area contributed by atoms with E-state index in [9.17, 15) is 0 Å². The Morgan fingerprint density at radius 1 is 1.00 bits per heavy atom. The normalized spacial score (nSPS) is 11.4. The van der Waals surface area contributed by atoms with Gasteiger partial charge in [-0.3, -0.25) is 0 Å². The molecule has 0 aliphatic carbocycles. The molecule has 0 atom stereocenters. The lowest BCUT2D eigenvalue weighted by Crippen LogP contribution is -2.27. The summed E-state index contributed by atoms with van der Waals surface area (Å²) in [5.74, 6) is 0. The van der Waals surface area contributed by atoms with Crippen molar-refractivity contribution in [3.63, 3.8) is 0 Å². The highest BCUT2D eigenvalue weighted by atomic mass is 35.5. The number of rotatable bonds is 4. The molecule has 2 heteroatoms. The zero-order chi connectivity index (χ0) is 13.9. The van der Waals surface area contributed by atoms with E-state index in [2.05, 4.69) is 49.5 Å². The second-order valence-electron chi connectivity index (χ2n) is 5.52. The number of hydrogen-bond donors (Lipinski definition) is 1. The van der Waals surface area contributed by atoms with Crippen LogP contribution in [-0.2, 0) is 5.41 Å². The fourth-order valence-corrected chi connectivity index (χ4v) is 2.28. The quantitative estimate of drug-likeness (QED) is 0.823. The molecule has 19 heavy (non-hydrogen) atoms. The summed E-state index contributed by atoms with van der Waals surface area (Å²) in [6.07, 6.45) is 0. The molecular formula is C17H20ClN. The van der Waals surface area contributed by atoms with Crippen molar-refractivity contribution in [1.29, 1.82) is 0 Å². The molecule has 1 N–H and O–H groups in total. The highest BCUT2D eigenvalue weighted by molar-refractivity contribution is 6.31. The Morgan fingerprint density at radius 3 is 2.37 bits per heavy atom. The van der Waals surface area contributed by atoms with Gasteiger partial charge in [0.25, 0.3) is 0 Å². The standard InChI is InChI=1S/C17H20ClN/c1-13-15(18)10-7-11-16(13)19-12-17(2,3)14-8-5-4-6-9-14/h4-11,19H,12H2,1-3H3. The first-order valence-electron chi connectivity index (χ1n) is 6.55. The van der Waals surface area contributed by atoms with Crippen LogP contribution in [0.5, 0.6) is 0 Å². The Morgan fingerprint density at radius 2 is 1.68 bits per heavy atom. The molecular weight excluding hydrogens is 254 g/mol. The number of hydrogen-bond acceptors (Lipinski definition) is 1. The molecule has 0 bridgehead atoms. The second-order valence-corrected chi connectivity index (χ2v) is 5.92. The van der Waals surface area contributed by atoms with E-state index in [4.69, 9.17) is 11.6 Å². The van der Waals surface area contributed by atoms with Gasteiger partial charge in [-0.05, 0) is 30.2 Å². The molecule has 0 aliphatic heterocycles. The summed E-state index contributed by atoms with van der Waals surface area (Å²) in [4.78, 5) is 0. The van der Waals surface area contributed by atoms with Crippen LogP contribution in [0.25, 0.3) is 0 Å². The molecule has 0 saturated heterocycles. The molecule has 0 aromatic heterocycles. The van der Waals surface area contributed by atoms with E-state index < -0.39 is 0 Å². The van der Waals surface area contributed by atoms with Gasteiger partial charge in [0.2, 0.25) is 0 Å². The SMILES string of the molecule is Cc1c(Cl)cccc1NCC(C)(C)c1ccccc1. The van der Waals surface area contributed by atoms with Crippen LogP contribution in [0.3, 0.4) is 0 Å². The van der Waals surface area contributed by atoms with Crippen LogP contribution < -0.4 is 5.32 Å². The second kappa shape index (κ2) is 5.66. The van der Waals surface area contributed by atoms with Gasteiger partial charge in [-0.25, -0.2) is 0 Å². The van der Waals surface area contributed by atoms with Gasteiger partial charge in [0.1, 0.15) is 0 Å². The number of nitrogens with one attached hydrogen (secondary N) is 1. The Kier molecular flexibility index (Phi) is 4.16. The van der Waals surface area contributed by atoms with Gasteiger partial charge in [0, 0.05) is 22.7 Å². The van der Waals surface area contributed by atoms with Crippen LogP contribution in [0.15, 0.2) is 48.5 Å². The molecule has 0 aliphatic rings. The average molecular weight is 274 g/mol. The third kappa shape index (κ3) is 3.30. The van der Waals surface area contributed by atoms with E-state index in [1.807, 2.05) is 25.1 Å². The Hall–Kier alpha value is -1.47. The molecule has 0 unspecified atom stereocenters. The predicted molar refractivity (Wildman–Crippen MR) is 84.1 cm³/mol. The molecule has 0 saturated carbocycles. The maximum Gasteiger partial charge on any atom is 0.0455 e. The molecule has 2 rings (SSSR count). The molecule has 0 radical (unpaired) electrons. The number of benzene rings is 2. The van der Waals surface area contributed by atoms with Gasteiger partial charge < -0.3 is 5.32 Å². The summed E-state index contributed by atoms with van der Waals surface area (Å²) < 4.78 is 0. The van der Waals surface area contributed by atoms with E-state index in [-0.39, 0.29) is 5.41 Å². The van der Waals surface area contributed by atoms with E-state index >= 15 is 0 Å². The fourth-order valence-electron chi connectivity index (χ4n) is 2.11. The highest BCUT2D eigenvalue weighted by Crippen LogP contribution is 2.27. The monoisotopic (exact) mass is 273 g/mol. The molecule has 2 aromatic rings. The van der Waals surface area contributed by atoms with Crippen LogP contribution in [0.2, 0.25) is 5.02 Å². The van der Waals surface area contributed by atoms with Crippen LogP contribution in [0.4, 0.5) is 5.69 Å². The van der Waals surface area contributed by atoms with Crippen molar-refractivity contribution in [2.75, 3.05) is 11.9 Å². The minimum absolute atomic E-state index is 0.0794. The lowest BCUT2D eigenvalue weighted by molar-refractivity contribution is 0.557. The van der Waals surface area contributed by atoms with Crippen LogP contribution >= 0.6 is 11.6 Å². The van der Waals surface area contributed by atoms with E-state index in [1.54, 1.807) is 0 Å². The zero-order valence-electron chi connectivity index (χ0n) is 11.7. The molecule has 0 spiro atoms. The molecule has 2 aromatic carbocycles. The maximum atomic E-state index is 6.14. The van der Waals surface area contributed by atoms with Crippen molar-refractivity contribution in [2.45, 2.75) is 26.2 Å². The molecule has 1 nitrogen and oxygen atoms in total. The van der Waals surface area contributed by atoms with E-state index in [1.165, 1.54) is 5.56 Å². The zero-order valence-corrected chi connectivity index (χ0v) is 12.5. The predicted octanol–water partition coefficient (Wildman–Crippen LogP) is 5.04. The van der Waals surface area contributed by atoms with E-state index in [0.29, 0.717) is 0 Å². The van der Waals surface area contributed by atoms with Crippen molar-refractivity contribution in [2.24, 2.45) is 0 Å². The Labute approximate surface area is 120 Å². The smallest absolute Gasteiger partial charge is 0.0455 e. The third-order valence-electron chi connectivity index (χ3n) is 3.54. The Balaban J connectivity index is 2.12. The molecule has 0 heterocycles. The van der Waals surface area contributed by atoms with Gasteiger partial charge in [0.15, 0.2) is 0 Å². The average Bonchev–Trinajstić information content (AvgIpc) is 2.41. The molecule has 100 valence electrons.